The lowest BCUT2D eigenvalue weighted by atomic mass is 10.1. The molecule has 9 heteroatoms. The molecule has 1 rings (SSSR count). The summed E-state index contributed by atoms with van der Waals surface area (Å²) in [6.45, 7) is -0.0673. The van der Waals surface area contributed by atoms with E-state index in [2.05, 4.69) is 20.7 Å². The van der Waals surface area contributed by atoms with E-state index in [1.165, 1.54) is 11.6 Å². The number of hydrogen-bond donors (Lipinski definition) is 2. The molecule has 4 nitrogen and oxygen atoms in total. The Labute approximate surface area is 117 Å². The molecule has 0 aromatic heterocycles. The second-order valence-corrected chi connectivity index (χ2v) is 6.28. The second kappa shape index (κ2) is 6.21. The predicted molar refractivity (Wildman–Crippen MR) is 68.7 cm³/mol. The van der Waals surface area contributed by atoms with Gasteiger partial charge in [0.25, 0.3) is 10.2 Å². The molecule has 0 saturated carbocycles. The van der Waals surface area contributed by atoms with E-state index in [0.29, 0.717) is 5.56 Å². The molecular weight excluding hydrogens is 349 g/mol. The maximum atomic E-state index is 11.9. The van der Waals surface area contributed by atoms with E-state index >= 15 is 0 Å². The Kier molecular flexibility index (Phi) is 5.36. The molecule has 0 radical (unpaired) electrons. The SMILES string of the molecule is CC(NS(=O)(=O)NCC(F)(F)F)c1cccc(Br)c1. The first-order valence-corrected chi connectivity index (χ1v) is 7.46. The van der Waals surface area contributed by atoms with Crippen molar-refractivity contribution in [2.24, 2.45) is 0 Å². The van der Waals surface area contributed by atoms with Gasteiger partial charge in [-0.3, -0.25) is 0 Å². The first-order valence-electron chi connectivity index (χ1n) is 5.18. The zero-order chi connectivity index (χ0) is 14.7. The third-order valence-electron chi connectivity index (χ3n) is 2.14. The van der Waals surface area contributed by atoms with Gasteiger partial charge in [0.15, 0.2) is 0 Å². The monoisotopic (exact) mass is 360 g/mol. The summed E-state index contributed by atoms with van der Waals surface area (Å²) in [4.78, 5) is 0. The molecule has 1 aromatic rings. The molecule has 0 aliphatic rings. The lowest BCUT2D eigenvalue weighted by Gasteiger charge is -2.16. The Morgan fingerprint density at radius 2 is 2.00 bits per heavy atom. The maximum Gasteiger partial charge on any atom is 0.402 e. The summed E-state index contributed by atoms with van der Waals surface area (Å²) in [5, 5.41) is 0. The van der Waals surface area contributed by atoms with Crippen molar-refractivity contribution in [2.75, 3.05) is 6.54 Å². The standard InChI is InChI=1S/C10H12BrF3N2O2S/c1-7(8-3-2-4-9(11)5-8)16-19(17,18)15-6-10(12,13)14/h2-5,7,15-16H,6H2,1H3. The van der Waals surface area contributed by atoms with Gasteiger partial charge in [-0.25, -0.2) is 0 Å². The highest BCUT2D eigenvalue weighted by molar-refractivity contribution is 9.10. The van der Waals surface area contributed by atoms with Crippen LogP contribution in [0.5, 0.6) is 0 Å². The molecule has 0 spiro atoms. The molecule has 1 aromatic carbocycles. The van der Waals surface area contributed by atoms with Crippen LogP contribution < -0.4 is 9.44 Å². The maximum absolute atomic E-state index is 11.9. The van der Waals surface area contributed by atoms with Gasteiger partial charge < -0.3 is 0 Å². The van der Waals surface area contributed by atoms with Crippen molar-refractivity contribution >= 4 is 26.1 Å². The van der Waals surface area contributed by atoms with E-state index in [-0.39, 0.29) is 0 Å². The molecule has 0 aliphatic heterocycles. The highest BCUT2D eigenvalue weighted by Gasteiger charge is 2.29. The number of rotatable bonds is 5. The topological polar surface area (TPSA) is 58.2 Å². The van der Waals surface area contributed by atoms with Gasteiger partial charge in [-0.1, -0.05) is 28.1 Å². The fourth-order valence-electron chi connectivity index (χ4n) is 1.30. The van der Waals surface area contributed by atoms with Gasteiger partial charge in [-0.2, -0.15) is 31.0 Å². The van der Waals surface area contributed by atoms with Crippen molar-refractivity contribution in [3.63, 3.8) is 0 Å². The Bertz CT molecular complexity index is 534. The van der Waals surface area contributed by atoms with Crippen LogP contribution >= 0.6 is 15.9 Å². The molecule has 0 amide bonds. The first-order chi connectivity index (χ1) is 8.59. The van der Waals surface area contributed by atoms with E-state index in [4.69, 9.17) is 0 Å². The Morgan fingerprint density at radius 3 is 2.53 bits per heavy atom. The molecule has 2 N–H and O–H groups in total. The lowest BCUT2D eigenvalue weighted by molar-refractivity contribution is -0.121. The number of hydrogen-bond acceptors (Lipinski definition) is 2. The van der Waals surface area contributed by atoms with Gasteiger partial charge in [0, 0.05) is 10.5 Å². The van der Waals surface area contributed by atoms with Crippen molar-refractivity contribution in [1.82, 2.24) is 9.44 Å². The summed E-state index contributed by atoms with van der Waals surface area (Å²) >= 11 is 3.23. The van der Waals surface area contributed by atoms with E-state index < -0.39 is 29.0 Å². The third kappa shape index (κ3) is 6.37. The van der Waals surface area contributed by atoms with Crippen LogP contribution in [0.2, 0.25) is 0 Å². The van der Waals surface area contributed by atoms with Gasteiger partial charge in [0.2, 0.25) is 0 Å². The molecule has 0 heterocycles. The van der Waals surface area contributed by atoms with E-state index in [1.54, 1.807) is 24.3 Å². The fourth-order valence-corrected chi connectivity index (χ4v) is 2.75. The summed E-state index contributed by atoms with van der Waals surface area (Å²) in [6, 6.07) is 6.15. The minimum atomic E-state index is -4.59. The highest BCUT2D eigenvalue weighted by Crippen LogP contribution is 2.18. The van der Waals surface area contributed by atoms with Gasteiger partial charge in [-0.05, 0) is 24.6 Å². The molecule has 108 valence electrons. The minimum Gasteiger partial charge on any atom is -0.195 e. The number of nitrogens with one attached hydrogen (secondary N) is 2. The van der Waals surface area contributed by atoms with Gasteiger partial charge in [-0.15, -0.1) is 0 Å². The van der Waals surface area contributed by atoms with E-state index in [0.717, 1.165) is 4.47 Å². The Hall–Kier alpha value is -0.640. The predicted octanol–water partition coefficient (Wildman–Crippen LogP) is 2.50. The average molecular weight is 361 g/mol. The highest BCUT2D eigenvalue weighted by atomic mass is 79.9. The first kappa shape index (κ1) is 16.4. The van der Waals surface area contributed by atoms with E-state index in [9.17, 15) is 21.6 Å². The molecule has 0 fully saturated rings. The normalized spacial score (nSPS) is 14.4. The van der Waals surface area contributed by atoms with Crippen LogP contribution in [0.1, 0.15) is 18.5 Å². The molecule has 19 heavy (non-hydrogen) atoms. The van der Waals surface area contributed by atoms with Crippen LogP contribution in [0.25, 0.3) is 0 Å². The quantitative estimate of drug-likeness (QED) is 0.847. The molecule has 0 bridgehead atoms. The molecule has 0 aliphatic carbocycles. The summed E-state index contributed by atoms with van der Waals surface area (Å²) < 4.78 is 62.9. The molecule has 0 saturated heterocycles. The molecular formula is C10H12BrF3N2O2S. The van der Waals surface area contributed by atoms with Crippen LogP contribution in [0.4, 0.5) is 13.2 Å². The van der Waals surface area contributed by atoms with Crippen molar-refractivity contribution in [3.8, 4) is 0 Å². The summed E-state index contributed by atoms with van der Waals surface area (Å²) in [5.74, 6) is 0. The molecule has 1 unspecified atom stereocenters. The zero-order valence-corrected chi connectivity index (χ0v) is 12.2. The van der Waals surface area contributed by atoms with Gasteiger partial charge in [0.05, 0.1) is 0 Å². The number of benzene rings is 1. The number of halogens is 4. The Balaban J connectivity index is 2.68. The van der Waals surface area contributed by atoms with Crippen LogP contribution in [0.3, 0.4) is 0 Å². The fraction of sp³-hybridized carbons (Fsp3) is 0.400. The Morgan fingerprint density at radius 1 is 1.37 bits per heavy atom. The summed E-state index contributed by atoms with van der Waals surface area (Å²) in [5.41, 5.74) is 0.631. The van der Waals surface area contributed by atoms with Crippen LogP contribution in [0.15, 0.2) is 28.7 Å². The lowest BCUT2D eigenvalue weighted by Crippen LogP contribution is -2.42. The van der Waals surface area contributed by atoms with Gasteiger partial charge in [0.1, 0.15) is 6.54 Å². The van der Waals surface area contributed by atoms with Crippen LogP contribution in [-0.2, 0) is 10.2 Å². The summed E-state index contributed by atoms with van der Waals surface area (Å²) in [7, 11) is -4.21. The molecule has 1 atom stereocenters. The minimum absolute atomic E-state index is 0.631. The van der Waals surface area contributed by atoms with Crippen molar-refractivity contribution in [2.45, 2.75) is 19.1 Å². The van der Waals surface area contributed by atoms with Crippen LogP contribution in [-0.4, -0.2) is 21.1 Å². The smallest absolute Gasteiger partial charge is 0.195 e. The van der Waals surface area contributed by atoms with Gasteiger partial charge >= 0.3 is 6.18 Å². The second-order valence-electron chi connectivity index (χ2n) is 3.83. The van der Waals surface area contributed by atoms with E-state index in [1.807, 2.05) is 0 Å². The average Bonchev–Trinajstić information content (AvgIpc) is 2.25. The largest absolute Gasteiger partial charge is 0.402 e. The van der Waals surface area contributed by atoms with Crippen LogP contribution in [0, 0.1) is 0 Å². The van der Waals surface area contributed by atoms with Crippen molar-refractivity contribution in [1.29, 1.82) is 0 Å². The number of alkyl halides is 3. The zero-order valence-electron chi connectivity index (χ0n) is 9.83. The third-order valence-corrected chi connectivity index (χ3v) is 3.82. The van der Waals surface area contributed by atoms with Crippen molar-refractivity contribution in [3.05, 3.63) is 34.3 Å². The van der Waals surface area contributed by atoms with Crippen molar-refractivity contribution < 1.29 is 21.6 Å². The summed E-state index contributed by atoms with van der Waals surface area (Å²) in [6.07, 6.45) is -4.59.